The van der Waals surface area contributed by atoms with Gasteiger partial charge in [-0.1, -0.05) is 46.3 Å². The van der Waals surface area contributed by atoms with Crippen molar-refractivity contribution in [1.82, 2.24) is 5.32 Å². The van der Waals surface area contributed by atoms with E-state index in [2.05, 4.69) is 33.4 Å². The smallest absolute Gasteiger partial charge is 0.251 e. The normalized spacial score (nSPS) is 10.1. The SMILES string of the molecule is O=C(NCCc1ccccc1)c1ccc(Br)cc1. The van der Waals surface area contributed by atoms with Gasteiger partial charge >= 0.3 is 0 Å². The number of halogens is 1. The summed E-state index contributed by atoms with van der Waals surface area (Å²) in [4.78, 5) is 11.8. The third kappa shape index (κ3) is 3.70. The van der Waals surface area contributed by atoms with Crippen LogP contribution >= 0.6 is 15.9 Å². The fourth-order valence-corrected chi connectivity index (χ4v) is 1.93. The van der Waals surface area contributed by atoms with Crippen molar-refractivity contribution in [3.05, 3.63) is 70.2 Å². The number of carbonyl (C=O) groups is 1. The molecule has 2 aromatic carbocycles. The van der Waals surface area contributed by atoms with Crippen LogP contribution in [0, 0.1) is 0 Å². The summed E-state index contributed by atoms with van der Waals surface area (Å²) in [6, 6.07) is 17.5. The van der Waals surface area contributed by atoms with Gasteiger partial charge in [-0.3, -0.25) is 4.79 Å². The monoisotopic (exact) mass is 303 g/mol. The third-order valence-corrected chi connectivity index (χ3v) is 3.18. The van der Waals surface area contributed by atoms with Crippen LogP contribution in [0.5, 0.6) is 0 Å². The molecular formula is C15H14BrNO. The summed E-state index contributed by atoms with van der Waals surface area (Å²) in [6.45, 7) is 0.652. The molecule has 0 radical (unpaired) electrons. The second kappa shape index (κ2) is 6.36. The van der Waals surface area contributed by atoms with Gasteiger partial charge in [-0.05, 0) is 36.2 Å². The molecule has 0 aliphatic carbocycles. The Morgan fingerprint density at radius 1 is 1.00 bits per heavy atom. The highest BCUT2D eigenvalue weighted by atomic mass is 79.9. The summed E-state index contributed by atoms with van der Waals surface area (Å²) < 4.78 is 0.975. The minimum atomic E-state index is -0.0292. The summed E-state index contributed by atoms with van der Waals surface area (Å²) in [7, 11) is 0. The molecule has 2 aromatic rings. The van der Waals surface area contributed by atoms with E-state index in [1.165, 1.54) is 5.56 Å². The van der Waals surface area contributed by atoms with Gasteiger partial charge in [0.1, 0.15) is 0 Å². The quantitative estimate of drug-likeness (QED) is 0.921. The van der Waals surface area contributed by atoms with Crippen LogP contribution in [0.2, 0.25) is 0 Å². The topological polar surface area (TPSA) is 29.1 Å². The van der Waals surface area contributed by atoms with Crippen LogP contribution in [0.4, 0.5) is 0 Å². The maximum atomic E-state index is 11.8. The average molecular weight is 304 g/mol. The molecule has 0 atom stereocenters. The van der Waals surface area contributed by atoms with Crippen molar-refractivity contribution in [2.75, 3.05) is 6.54 Å². The number of rotatable bonds is 4. The van der Waals surface area contributed by atoms with E-state index in [4.69, 9.17) is 0 Å². The van der Waals surface area contributed by atoms with Gasteiger partial charge < -0.3 is 5.32 Å². The summed E-state index contributed by atoms with van der Waals surface area (Å²) in [5.74, 6) is -0.0292. The number of benzene rings is 2. The van der Waals surface area contributed by atoms with Gasteiger partial charge in [-0.25, -0.2) is 0 Å². The molecule has 2 nitrogen and oxygen atoms in total. The lowest BCUT2D eigenvalue weighted by atomic mass is 10.1. The van der Waals surface area contributed by atoms with Crippen LogP contribution in [0.1, 0.15) is 15.9 Å². The lowest BCUT2D eigenvalue weighted by molar-refractivity contribution is 0.0954. The van der Waals surface area contributed by atoms with Gasteiger partial charge in [0.2, 0.25) is 0 Å². The molecule has 0 bridgehead atoms. The Labute approximate surface area is 115 Å². The first-order valence-electron chi connectivity index (χ1n) is 5.83. The fourth-order valence-electron chi connectivity index (χ4n) is 1.67. The van der Waals surface area contributed by atoms with E-state index in [1.807, 2.05) is 42.5 Å². The van der Waals surface area contributed by atoms with E-state index in [-0.39, 0.29) is 5.91 Å². The highest BCUT2D eigenvalue weighted by Crippen LogP contribution is 2.10. The van der Waals surface area contributed by atoms with Crippen LogP contribution in [0.3, 0.4) is 0 Å². The maximum absolute atomic E-state index is 11.8. The van der Waals surface area contributed by atoms with E-state index in [1.54, 1.807) is 0 Å². The number of hydrogen-bond acceptors (Lipinski definition) is 1. The van der Waals surface area contributed by atoms with Gasteiger partial charge in [0.25, 0.3) is 5.91 Å². The molecule has 0 heterocycles. The molecule has 0 fully saturated rings. The lowest BCUT2D eigenvalue weighted by Gasteiger charge is -2.05. The van der Waals surface area contributed by atoms with Gasteiger partial charge in [0, 0.05) is 16.6 Å². The van der Waals surface area contributed by atoms with Crippen LogP contribution in [0.25, 0.3) is 0 Å². The molecule has 18 heavy (non-hydrogen) atoms. The van der Waals surface area contributed by atoms with Crippen LogP contribution < -0.4 is 5.32 Å². The number of hydrogen-bond donors (Lipinski definition) is 1. The molecular weight excluding hydrogens is 290 g/mol. The third-order valence-electron chi connectivity index (χ3n) is 2.65. The Morgan fingerprint density at radius 2 is 1.67 bits per heavy atom. The zero-order valence-corrected chi connectivity index (χ0v) is 11.5. The van der Waals surface area contributed by atoms with Crippen molar-refractivity contribution in [3.63, 3.8) is 0 Å². The molecule has 0 aliphatic rings. The highest BCUT2D eigenvalue weighted by Gasteiger charge is 2.03. The Bertz CT molecular complexity index is 508. The van der Waals surface area contributed by atoms with Crippen molar-refractivity contribution in [1.29, 1.82) is 0 Å². The van der Waals surface area contributed by atoms with Crippen molar-refractivity contribution >= 4 is 21.8 Å². The second-order valence-electron chi connectivity index (χ2n) is 4.00. The van der Waals surface area contributed by atoms with Crippen LogP contribution in [0.15, 0.2) is 59.1 Å². The summed E-state index contributed by atoms with van der Waals surface area (Å²) in [6.07, 6.45) is 0.850. The van der Waals surface area contributed by atoms with Crippen LogP contribution in [-0.4, -0.2) is 12.5 Å². The van der Waals surface area contributed by atoms with E-state index >= 15 is 0 Å². The molecule has 0 saturated carbocycles. The molecule has 92 valence electrons. The van der Waals surface area contributed by atoms with Gasteiger partial charge in [0.15, 0.2) is 0 Å². The van der Waals surface area contributed by atoms with E-state index in [0.717, 1.165) is 10.9 Å². The molecule has 3 heteroatoms. The molecule has 0 spiro atoms. The molecule has 0 saturated heterocycles. The first-order valence-corrected chi connectivity index (χ1v) is 6.63. The van der Waals surface area contributed by atoms with E-state index < -0.39 is 0 Å². The van der Waals surface area contributed by atoms with Crippen molar-refractivity contribution < 1.29 is 4.79 Å². The minimum Gasteiger partial charge on any atom is -0.352 e. The molecule has 0 aliphatic heterocycles. The lowest BCUT2D eigenvalue weighted by Crippen LogP contribution is -2.25. The predicted molar refractivity (Wildman–Crippen MR) is 76.6 cm³/mol. The maximum Gasteiger partial charge on any atom is 0.251 e. The van der Waals surface area contributed by atoms with Crippen molar-refractivity contribution in [2.24, 2.45) is 0 Å². The number of amides is 1. The van der Waals surface area contributed by atoms with Gasteiger partial charge in [0.05, 0.1) is 0 Å². The van der Waals surface area contributed by atoms with Crippen molar-refractivity contribution in [2.45, 2.75) is 6.42 Å². The fraction of sp³-hybridized carbons (Fsp3) is 0.133. The van der Waals surface area contributed by atoms with E-state index in [9.17, 15) is 4.79 Å². The molecule has 1 amide bonds. The summed E-state index contributed by atoms with van der Waals surface area (Å²) >= 11 is 3.35. The zero-order chi connectivity index (χ0) is 12.8. The largest absolute Gasteiger partial charge is 0.352 e. The Morgan fingerprint density at radius 3 is 2.33 bits per heavy atom. The zero-order valence-electron chi connectivity index (χ0n) is 9.90. The van der Waals surface area contributed by atoms with Crippen LogP contribution in [-0.2, 0) is 6.42 Å². The number of nitrogens with one attached hydrogen (secondary N) is 1. The Hall–Kier alpha value is -1.61. The first-order chi connectivity index (χ1) is 8.75. The molecule has 0 aromatic heterocycles. The minimum absolute atomic E-state index is 0.0292. The van der Waals surface area contributed by atoms with Gasteiger partial charge in [-0.15, -0.1) is 0 Å². The summed E-state index contributed by atoms with van der Waals surface area (Å²) in [5, 5.41) is 2.91. The Balaban J connectivity index is 1.84. The second-order valence-corrected chi connectivity index (χ2v) is 4.91. The average Bonchev–Trinajstić information content (AvgIpc) is 2.40. The highest BCUT2D eigenvalue weighted by molar-refractivity contribution is 9.10. The first kappa shape index (κ1) is 12.8. The predicted octanol–water partition coefficient (Wildman–Crippen LogP) is 3.42. The molecule has 1 N–H and O–H groups in total. The number of carbonyl (C=O) groups excluding carboxylic acids is 1. The molecule has 0 unspecified atom stereocenters. The standard InChI is InChI=1S/C15H14BrNO/c16-14-8-6-13(7-9-14)15(18)17-11-10-12-4-2-1-3-5-12/h1-9H,10-11H2,(H,17,18). The van der Waals surface area contributed by atoms with Crippen molar-refractivity contribution in [3.8, 4) is 0 Å². The van der Waals surface area contributed by atoms with Gasteiger partial charge in [-0.2, -0.15) is 0 Å². The molecule has 2 rings (SSSR count). The Kier molecular flexibility index (Phi) is 4.53. The van der Waals surface area contributed by atoms with E-state index in [0.29, 0.717) is 12.1 Å². The summed E-state index contributed by atoms with van der Waals surface area (Å²) in [5.41, 5.74) is 1.92.